The highest BCUT2D eigenvalue weighted by Crippen LogP contribution is 2.52. The van der Waals surface area contributed by atoms with Crippen molar-refractivity contribution in [1.82, 2.24) is 5.32 Å². The van der Waals surface area contributed by atoms with E-state index in [1.807, 2.05) is 12.1 Å². The van der Waals surface area contributed by atoms with Crippen LogP contribution in [0.1, 0.15) is 47.2 Å². The van der Waals surface area contributed by atoms with Crippen LogP contribution in [-0.4, -0.2) is 44.0 Å². The molecule has 0 spiro atoms. The summed E-state index contributed by atoms with van der Waals surface area (Å²) in [4.78, 5) is 24.8. The molecule has 1 aliphatic carbocycles. The average Bonchev–Trinajstić information content (AvgIpc) is 3.56. The van der Waals surface area contributed by atoms with E-state index in [4.69, 9.17) is 9.47 Å². The standard InChI is InChI=1S/C25H25F2NO6/c1-31-22(29)16-4-2-15(3-5-16)12-19-14-18(8-11-32-19)28-23(30)24(9-10-24)17-6-7-20-21(13-17)34-25(26,27)33-20/h2-7,13,18-19H,8-12,14H2,1H3,(H,28,30)/t18-,19+/m0/s1. The molecule has 9 heteroatoms. The van der Waals surface area contributed by atoms with Gasteiger partial charge in [0.05, 0.1) is 24.2 Å². The minimum atomic E-state index is -3.68. The molecule has 0 unspecified atom stereocenters. The number of hydrogen-bond donors (Lipinski definition) is 1. The number of methoxy groups -OCH3 is 1. The van der Waals surface area contributed by atoms with Crippen molar-refractivity contribution in [3.8, 4) is 11.5 Å². The van der Waals surface area contributed by atoms with Gasteiger partial charge in [0.1, 0.15) is 0 Å². The number of nitrogens with one attached hydrogen (secondary N) is 1. The van der Waals surface area contributed by atoms with Crippen molar-refractivity contribution in [2.75, 3.05) is 13.7 Å². The Bertz CT molecular complexity index is 1100. The zero-order valence-electron chi connectivity index (χ0n) is 18.6. The molecule has 2 heterocycles. The number of hydrogen-bond acceptors (Lipinski definition) is 6. The van der Waals surface area contributed by atoms with Crippen molar-refractivity contribution < 1.29 is 37.3 Å². The zero-order chi connectivity index (χ0) is 23.9. The molecule has 2 aromatic rings. The first kappa shape index (κ1) is 22.6. The van der Waals surface area contributed by atoms with E-state index in [0.29, 0.717) is 49.8 Å². The maximum Gasteiger partial charge on any atom is 0.586 e. The summed E-state index contributed by atoms with van der Waals surface area (Å²) in [5.74, 6) is -0.567. The summed E-state index contributed by atoms with van der Waals surface area (Å²) in [6, 6.07) is 11.7. The van der Waals surface area contributed by atoms with Gasteiger partial charge in [-0.05, 0) is 67.5 Å². The van der Waals surface area contributed by atoms with Crippen LogP contribution in [-0.2, 0) is 26.1 Å². The third-order valence-electron chi connectivity index (χ3n) is 6.68. The molecule has 0 radical (unpaired) electrons. The van der Waals surface area contributed by atoms with Crippen LogP contribution >= 0.6 is 0 Å². The van der Waals surface area contributed by atoms with Gasteiger partial charge in [0.25, 0.3) is 0 Å². The van der Waals surface area contributed by atoms with Gasteiger partial charge in [-0.15, -0.1) is 8.78 Å². The number of halogens is 2. The third kappa shape index (κ3) is 4.44. The Morgan fingerprint density at radius 2 is 1.82 bits per heavy atom. The summed E-state index contributed by atoms with van der Waals surface area (Å²) in [6.45, 7) is 0.530. The van der Waals surface area contributed by atoms with Gasteiger partial charge in [-0.25, -0.2) is 4.79 Å². The summed E-state index contributed by atoms with van der Waals surface area (Å²) in [7, 11) is 1.34. The maximum atomic E-state index is 13.4. The largest absolute Gasteiger partial charge is 0.586 e. The first-order chi connectivity index (χ1) is 16.3. The molecule has 180 valence electrons. The van der Waals surface area contributed by atoms with Gasteiger partial charge in [-0.1, -0.05) is 18.2 Å². The van der Waals surface area contributed by atoms with Crippen LogP contribution in [0.15, 0.2) is 42.5 Å². The highest BCUT2D eigenvalue weighted by atomic mass is 19.3. The number of ether oxygens (including phenoxy) is 4. The summed E-state index contributed by atoms with van der Waals surface area (Å²) in [5.41, 5.74) is 1.44. The number of fused-ring (bicyclic) bond motifs is 1. The second-order valence-corrected chi connectivity index (χ2v) is 8.99. The Kier molecular flexibility index (Phi) is 5.67. The van der Waals surface area contributed by atoms with E-state index < -0.39 is 11.7 Å². The van der Waals surface area contributed by atoms with E-state index >= 15 is 0 Å². The average molecular weight is 473 g/mol. The summed E-state index contributed by atoms with van der Waals surface area (Å²) in [5, 5.41) is 3.15. The Balaban J connectivity index is 1.20. The minimum Gasteiger partial charge on any atom is -0.465 e. The summed E-state index contributed by atoms with van der Waals surface area (Å²) < 4.78 is 46.4. The van der Waals surface area contributed by atoms with Crippen LogP contribution in [0.2, 0.25) is 0 Å². The zero-order valence-corrected chi connectivity index (χ0v) is 18.6. The van der Waals surface area contributed by atoms with Gasteiger partial charge in [0, 0.05) is 12.6 Å². The number of rotatable bonds is 6. The predicted octanol–water partition coefficient (Wildman–Crippen LogP) is 3.73. The summed E-state index contributed by atoms with van der Waals surface area (Å²) in [6.07, 6.45) is -0.430. The van der Waals surface area contributed by atoms with Crippen molar-refractivity contribution in [1.29, 1.82) is 0 Å². The van der Waals surface area contributed by atoms with Crippen molar-refractivity contribution >= 4 is 11.9 Å². The maximum absolute atomic E-state index is 13.4. The Morgan fingerprint density at radius 1 is 1.09 bits per heavy atom. The first-order valence-corrected chi connectivity index (χ1v) is 11.3. The van der Waals surface area contributed by atoms with Gasteiger partial charge in [-0.2, -0.15) is 0 Å². The van der Waals surface area contributed by atoms with E-state index in [2.05, 4.69) is 14.8 Å². The molecule has 1 N–H and O–H groups in total. The normalized spacial score (nSPS) is 23.7. The number of esters is 1. The lowest BCUT2D eigenvalue weighted by atomic mass is 9.92. The Hall–Kier alpha value is -3.20. The molecule has 2 aromatic carbocycles. The van der Waals surface area contributed by atoms with Gasteiger partial charge in [0.15, 0.2) is 11.5 Å². The minimum absolute atomic E-state index is 0.0307. The van der Waals surface area contributed by atoms with Gasteiger partial charge < -0.3 is 24.3 Å². The molecule has 34 heavy (non-hydrogen) atoms. The van der Waals surface area contributed by atoms with Gasteiger partial charge in [0.2, 0.25) is 5.91 Å². The lowest BCUT2D eigenvalue weighted by molar-refractivity contribution is -0.286. The first-order valence-electron chi connectivity index (χ1n) is 11.3. The SMILES string of the molecule is COC(=O)c1ccc(C[C@@H]2C[C@@H](NC(=O)C3(c4ccc5c(c4)OC(F)(F)O5)CC3)CCO2)cc1. The van der Waals surface area contributed by atoms with E-state index in [9.17, 15) is 18.4 Å². The van der Waals surface area contributed by atoms with E-state index in [-0.39, 0.29) is 35.5 Å². The number of benzene rings is 2. The van der Waals surface area contributed by atoms with E-state index in [1.54, 1.807) is 18.2 Å². The third-order valence-corrected chi connectivity index (χ3v) is 6.68. The molecule has 2 aliphatic heterocycles. The molecule has 2 fully saturated rings. The highest BCUT2D eigenvalue weighted by molar-refractivity contribution is 5.91. The highest BCUT2D eigenvalue weighted by Gasteiger charge is 2.53. The fraction of sp³-hybridized carbons (Fsp3) is 0.440. The van der Waals surface area contributed by atoms with E-state index in [1.165, 1.54) is 19.2 Å². The Morgan fingerprint density at radius 3 is 2.53 bits per heavy atom. The second-order valence-electron chi connectivity index (χ2n) is 8.99. The lowest BCUT2D eigenvalue weighted by Gasteiger charge is -2.31. The molecule has 7 nitrogen and oxygen atoms in total. The number of alkyl halides is 2. The topological polar surface area (TPSA) is 83.1 Å². The molecule has 1 amide bonds. The molecular weight excluding hydrogens is 448 g/mol. The molecule has 0 bridgehead atoms. The summed E-state index contributed by atoms with van der Waals surface area (Å²) >= 11 is 0. The van der Waals surface area contributed by atoms with Gasteiger partial charge >= 0.3 is 12.3 Å². The van der Waals surface area contributed by atoms with Crippen molar-refractivity contribution in [2.45, 2.75) is 56.0 Å². The quantitative estimate of drug-likeness (QED) is 0.644. The van der Waals surface area contributed by atoms with Crippen molar-refractivity contribution in [2.24, 2.45) is 0 Å². The molecule has 5 rings (SSSR count). The Labute approximate surface area is 195 Å². The fourth-order valence-electron chi connectivity index (χ4n) is 4.65. The molecular formula is C25H25F2NO6. The van der Waals surface area contributed by atoms with Crippen molar-refractivity contribution in [3.05, 3.63) is 59.2 Å². The number of carbonyl (C=O) groups excluding carboxylic acids is 2. The molecule has 1 saturated heterocycles. The molecule has 2 atom stereocenters. The molecule has 3 aliphatic rings. The van der Waals surface area contributed by atoms with Crippen LogP contribution < -0.4 is 14.8 Å². The van der Waals surface area contributed by atoms with E-state index in [0.717, 1.165) is 5.56 Å². The van der Waals surface area contributed by atoms with Crippen LogP contribution in [0.25, 0.3) is 0 Å². The smallest absolute Gasteiger partial charge is 0.465 e. The van der Waals surface area contributed by atoms with Crippen LogP contribution in [0, 0.1) is 0 Å². The molecule has 0 aromatic heterocycles. The lowest BCUT2D eigenvalue weighted by Crippen LogP contribution is -2.46. The number of carbonyl (C=O) groups is 2. The van der Waals surface area contributed by atoms with Crippen LogP contribution in [0.5, 0.6) is 11.5 Å². The van der Waals surface area contributed by atoms with Crippen molar-refractivity contribution in [3.63, 3.8) is 0 Å². The number of amides is 1. The predicted molar refractivity (Wildman–Crippen MR) is 116 cm³/mol. The molecule has 1 saturated carbocycles. The van der Waals surface area contributed by atoms with Crippen LogP contribution in [0.4, 0.5) is 8.78 Å². The van der Waals surface area contributed by atoms with Gasteiger partial charge in [-0.3, -0.25) is 4.79 Å². The second kappa shape index (κ2) is 8.54. The monoisotopic (exact) mass is 473 g/mol. The fourth-order valence-corrected chi connectivity index (χ4v) is 4.65. The van der Waals surface area contributed by atoms with Crippen LogP contribution in [0.3, 0.4) is 0 Å².